The summed E-state index contributed by atoms with van der Waals surface area (Å²) in [5, 5.41) is 4.22. The van der Waals surface area contributed by atoms with Gasteiger partial charge in [-0.3, -0.25) is 14.6 Å². The third-order valence-corrected chi connectivity index (χ3v) is 4.58. The maximum absolute atomic E-state index is 12.7. The summed E-state index contributed by atoms with van der Waals surface area (Å²) in [4.78, 5) is 31.7. The molecule has 26 heavy (non-hydrogen) atoms. The number of hydrogen-bond donors (Lipinski definition) is 1. The summed E-state index contributed by atoms with van der Waals surface area (Å²) in [6.45, 7) is 3.62. The van der Waals surface area contributed by atoms with Gasteiger partial charge in [0.1, 0.15) is 5.69 Å². The van der Waals surface area contributed by atoms with Crippen molar-refractivity contribution in [3.63, 3.8) is 0 Å². The zero-order valence-corrected chi connectivity index (χ0v) is 15.7. The van der Waals surface area contributed by atoms with E-state index >= 15 is 0 Å². The van der Waals surface area contributed by atoms with Crippen LogP contribution in [0.1, 0.15) is 17.4 Å². The zero-order valence-electron chi connectivity index (χ0n) is 14.2. The molecule has 1 saturated heterocycles. The van der Waals surface area contributed by atoms with Gasteiger partial charge in [0.15, 0.2) is 0 Å². The molecule has 6 nitrogen and oxygen atoms in total. The van der Waals surface area contributed by atoms with Crippen molar-refractivity contribution in [3.8, 4) is 0 Å². The largest absolute Gasteiger partial charge is 0.355 e. The van der Waals surface area contributed by atoms with Gasteiger partial charge in [0.25, 0.3) is 5.91 Å². The van der Waals surface area contributed by atoms with Gasteiger partial charge in [-0.1, -0.05) is 23.2 Å². The minimum atomic E-state index is -0.152. The van der Waals surface area contributed by atoms with Crippen molar-refractivity contribution >= 4 is 46.4 Å². The van der Waals surface area contributed by atoms with Crippen LogP contribution in [0.5, 0.6) is 0 Å². The molecular weight excluding hydrogens is 375 g/mol. The molecule has 0 bridgehead atoms. The molecule has 0 aliphatic carbocycles. The lowest BCUT2D eigenvalue weighted by Gasteiger charge is -2.34. The first-order valence-electron chi connectivity index (χ1n) is 8.16. The standard InChI is InChI=1S/C18H18Cl2N4O2/c1-12(25)23-4-6-24(7-5-23)18(26)17-11-15(2-3-21-17)22-16-9-13(19)8-14(20)10-16/h2-3,8-11H,4-7H2,1H3,(H,21,22). The Labute approximate surface area is 161 Å². The van der Waals surface area contributed by atoms with Crippen LogP contribution < -0.4 is 5.32 Å². The first-order valence-corrected chi connectivity index (χ1v) is 8.92. The van der Waals surface area contributed by atoms with Gasteiger partial charge in [-0.05, 0) is 30.3 Å². The van der Waals surface area contributed by atoms with Crippen LogP contribution in [-0.4, -0.2) is 52.8 Å². The lowest BCUT2D eigenvalue weighted by Crippen LogP contribution is -2.50. The Bertz CT molecular complexity index is 815. The van der Waals surface area contributed by atoms with Crippen molar-refractivity contribution < 1.29 is 9.59 Å². The van der Waals surface area contributed by atoms with E-state index in [1.165, 1.54) is 6.92 Å². The van der Waals surface area contributed by atoms with Gasteiger partial charge >= 0.3 is 0 Å². The summed E-state index contributed by atoms with van der Waals surface area (Å²) in [5.41, 5.74) is 1.78. The Morgan fingerprint density at radius 3 is 2.19 bits per heavy atom. The van der Waals surface area contributed by atoms with Gasteiger partial charge in [0, 0.05) is 60.7 Å². The van der Waals surface area contributed by atoms with Crippen LogP contribution >= 0.6 is 23.2 Å². The number of nitrogens with zero attached hydrogens (tertiary/aromatic N) is 3. The van der Waals surface area contributed by atoms with E-state index in [-0.39, 0.29) is 11.8 Å². The molecule has 1 N–H and O–H groups in total. The minimum Gasteiger partial charge on any atom is -0.355 e. The summed E-state index contributed by atoms with van der Waals surface area (Å²) < 4.78 is 0. The average molecular weight is 393 g/mol. The SMILES string of the molecule is CC(=O)N1CCN(C(=O)c2cc(Nc3cc(Cl)cc(Cl)c3)ccn2)CC1. The molecule has 1 aromatic heterocycles. The number of carbonyl (C=O) groups is 2. The van der Waals surface area contributed by atoms with Crippen molar-refractivity contribution in [2.24, 2.45) is 0 Å². The predicted octanol–water partition coefficient (Wildman–Crippen LogP) is 3.44. The lowest BCUT2D eigenvalue weighted by molar-refractivity contribution is -0.130. The molecule has 8 heteroatoms. The number of pyridine rings is 1. The van der Waals surface area contributed by atoms with Crippen molar-refractivity contribution in [2.45, 2.75) is 6.92 Å². The van der Waals surface area contributed by atoms with Crippen molar-refractivity contribution in [3.05, 3.63) is 52.3 Å². The smallest absolute Gasteiger partial charge is 0.272 e. The molecule has 3 rings (SSSR count). The normalized spacial score (nSPS) is 14.3. The predicted molar refractivity (Wildman–Crippen MR) is 102 cm³/mol. The van der Waals surface area contributed by atoms with Crippen LogP contribution in [0.2, 0.25) is 10.0 Å². The monoisotopic (exact) mass is 392 g/mol. The van der Waals surface area contributed by atoms with Gasteiger partial charge in [-0.15, -0.1) is 0 Å². The Kier molecular flexibility index (Phi) is 5.64. The maximum atomic E-state index is 12.7. The van der Waals surface area contributed by atoms with Crippen LogP contribution in [0.4, 0.5) is 11.4 Å². The molecule has 2 amide bonds. The highest BCUT2D eigenvalue weighted by molar-refractivity contribution is 6.35. The number of nitrogens with one attached hydrogen (secondary N) is 1. The van der Waals surface area contributed by atoms with Crippen LogP contribution in [0, 0.1) is 0 Å². The molecule has 1 aliphatic heterocycles. The second kappa shape index (κ2) is 7.93. The molecule has 136 valence electrons. The molecule has 2 aromatic rings. The van der Waals surface area contributed by atoms with E-state index in [9.17, 15) is 9.59 Å². The number of amides is 2. The first-order chi connectivity index (χ1) is 12.4. The fraction of sp³-hybridized carbons (Fsp3) is 0.278. The van der Waals surface area contributed by atoms with Crippen LogP contribution in [0.3, 0.4) is 0 Å². The van der Waals surface area contributed by atoms with E-state index in [0.717, 1.165) is 5.69 Å². The third kappa shape index (κ3) is 4.45. The van der Waals surface area contributed by atoms with Gasteiger partial charge in [0.05, 0.1) is 0 Å². The number of piperazine rings is 1. The molecule has 2 heterocycles. The highest BCUT2D eigenvalue weighted by atomic mass is 35.5. The molecule has 0 radical (unpaired) electrons. The Morgan fingerprint density at radius 2 is 1.58 bits per heavy atom. The topological polar surface area (TPSA) is 65.5 Å². The Balaban J connectivity index is 1.71. The number of aromatic nitrogens is 1. The lowest BCUT2D eigenvalue weighted by atomic mass is 10.2. The number of rotatable bonds is 3. The van der Waals surface area contributed by atoms with Crippen LogP contribution in [0.25, 0.3) is 0 Å². The summed E-state index contributed by atoms with van der Waals surface area (Å²) in [5.74, 6) is -0.123. The molecule has 0 unspecified atom stereocenters. The average Bonchev–Trinajstić information content (AvgIpc) is 2.60. The van der Waals surface area contributed by atoms with Crippen molar-refractivity contribution in [1.82, 2.24) is 14.8 Å². The maximum Gasteiger partial charge on any atom is 0.272 e. The fourth-order valence-electron chi connectivity index (χ4n) is 2.80. The van der Waals surface area contributed by atoms with E-state index in [1.807, 2.05) is 0 Å². The van der Waals surface area contributed by atoms with E-state index in [2.05, 4.69) is 10.3 Å². The zero-order chi connectivity index (χ0) is 18.7. The van der Waals surface area contributed by atoms with Gasteiger partial charge in [0.2, 0.25) is 5.91 Å². The number of anilines is 2. The first kappa shape index (κ1) is 18.5. The van der Waals surface area contributed by atoms with Crippen molar-refractivity contribution in [2.75, 3.05) is 31.5 Å². The van der Waals surface area contributed by atoms with Gasteiger partial charge in [-0.2, -0.15) is 0 Å². The highest BCUT2D eigenvalue weighted by Crippen LogP contribution is 2.25. The van der Waals surface area contributed by atoms with Crippen molar-refractivity contribution in [1.29, 1.82) is 0 Å². The quantitative estimate of drug-likeness (QED) is 0.868. The molecule has 0 saturated carbocycles. The number of hydrogen-bond acceptors (Lipinski definition) is 4. The molecule has 1 aromatic carbocycles. The Hall–Kier alpha value is -2.31. The fourth-order valence-corrected chi connectivity index (χ4v) is 3.33. The van der Waals surface area contributed by atoms with Gasteiger partial charge < -0.3 is 15.1 Å². The number of carbonyl (C=O) groups excluding carboxylic acids is 2. The highest BCUT2D eigenvalue weighted by Gasteiger charge is 2.24. The molecule has 1 fully saturated rings. The van der Waals surface area contributed by atoms with E-state index in [4.69, 9.17) is 23.2 Å². The molecule has 0 atom stereocenters. The van der Waals surface area contributed by atoms with Crippen LogP contribution in [-0.2, 0) is 4.79 Å². The second-order valence-corrected chi connectivity index (χ2v) is 6.88. The summed E-state index contributed by atoms with van der Waals surface area (Å²) >= 11 is 12.0. The summed E-state index contributed by atoms with van der Waals surface area (Å²) in [7, 11) is 0. The number of halogens is 2. The molecule has 0 spiro atoms. The second-order valence-electron chi connectivity index (χ2n) is 6.01. The summed E-state index contributed by atoms with van der Waals surface area (Å²) in [6, 6.07) is 8.59. The number of benzene rings is 1. The molecular formula is C18H18Cl2N4O2. The van der Waals surface area contributed by atoms with E-state index < -0.39 is 0 Å². The Morgan fingerprint density at radius 1 is 0.962 bits per heavy atom. The minimum absolute atomic E-state index is 0.0293. The van der Waals surface area contributed by atoms with E-state index in [1.54, 1.807) is 46.3 Å². The third-order valence-electron chi connectivity index (χ3n) is 4.14. The van der Waals surface area contributed by atoms with E-state index in [0.29, 0.717) is 47.6 Å². The summed E-state index contributed by atoms with van der Waals surface area (Å²) in [6.07, 6.45) is 1.58. The molecule has 1 aliphatic rings. The van der Waals surface area contributed by atoms with Gasteiger partial charge in [-0.25, -0.2) is 0 Å². The van der Waals surface area contributed by atoms with Crippen LogP contribution in [0.15, 0.2) is 36.5 Å².